The van der Waals surface area contributed by atoms with Crippen molar-refractivity contribution in [2.24, 2.45) is 5.92 Å². The van der Waals surface area contributed by atoms with E-state index in [-0.39, 0.29) is 30.1 Å². The molecule has 0 radical (unpaired) electrons. The van der Waals surface area contributed by atoms with Crippen LogP contribution in [-0.2, 0) is 16.8 Å². The minimum Gasteiger partial charge on any atom is -0.417 e. The van der Waals surface area contributed by atoms with E-state index in [0.717, 1.165) is 5.56 Å². The molecule has 0 aliphatic carbocycles. The first-order valence-electron chi connectivity index (χ1n) is 12.2. The first-order valence-corrected chi connectivity index (χ1v) is 12.2. The predicted octanol–water partition coefficient (Wildman–Crippen LogP) is 3.23. The molecule has 1 amide bonds. The van der Waals surface area contributed by atoms with Crippen molar-refractivity contribution >= 4 is 17.5 Å². The Bertz CT molecular complexity index is 1490. The number of nitrogens with two attached hydrogens (primary N) is 1. The first kappa shape index (κ1) is 26.5. The van der Waals surface area contributed by atoms with Gasteiger partial charge in [-0.2, -0.15) is 0 Å². The molecule has 0 aliphatic rings. The topological polar surface area (TPSA) is 146 Å². The summed E-state index contributed by atoms with van der Waals surface area (Å²) in [5.41, 5.74) is 6.59. The lowest BCUT2D eigenvalue weighted by Gasteiger charge is -2.21. The number of nitrogen functional groups attached to an aromatic ring is 1. The average molecular weight is 515 g/mol. The number of carbonyl (C=O) groups is 2. The molecule has 2 aromatic heterocycles. The fraction of sp³-hybridized carbons (Fsp3) is 0.286. The summed E-state index contributed by atoms with van der Waals surface area (Å²) in [7, 11) is 0. The zero-order chi connectivity index (χ0) is 27.4. The summed E-state index contributed by atoms with van der Waals surface area (Å²) >= 11 is 0. The Morgan fingerprint density at radius 2 is 1.66 bits per heavy atom. The summed E-state index contributed by atoms with van der Waals surface area (Å²) in [4.78, 5) is 43.2. The van der Waals surface area contributed by atoms with Gasteiger partial charge in [-0.1, -0.05) is 74.5 Å². The van der Waals surface area contributed by atoms with Gasteiger partial charge in [0.15, 0.2) is 5.82 Å². The van der Waals surface area contributed by atoms with Crippen LogP contribution in [0.5, 0.6) is 0 Å². The van der Waals surface area contributed by atoms with Crippen LogP contribution in [0.1, 0.15) is 49.8 Å². The van der Waals surface area contributed by atoms with Crippen molar-refractivity contribution in [2.45, 2.75) is 45.7 Å². The largest absolute Gasteiger partial charge is 0.417 e. The van der Waals surface area contributed by atoms with E-state index in [2.05, 4.69) is 20.5 Å². The number of ketones is 1. The molecule has 0 fully saturated rings. The lowest BCUT2D eigenvalue weighted by Crippen LogP contribution is -2.46. The summed E-state index contributed by atoms with van der Waals surface area (Å²) in [6, 6.07) is 17.7. The van der Waals surface area contributed by atoms with Crippen LogP contribution in [0, 0.1) is 5.92 Å². The number of nitrogens with one attached hydrogen (secondary N) is 1. The van der Waals surface area contributed by atoms with Crippen LogP contribution in [-0.4, -0.2) is 37.5 Å². The first-order chi connectivity index (χ1) is 18.1. The third-order valence-electron chi connectivity index (χ3n) is 6.38. The SMILES string of the molecule is CC(C)C(NC(=O)Cn1c(-c2ccccc2)cnc(N)c1=O)C(=O)c1nnc(C(C)(C)c2ccccc2)o1. The molecule has 0 bridgehead atoms. The Morgan fingerprint density at radius 3 is 2.29 bits per heavy atom. The Labute approximate surface area is 219 Å². The molecule has 10 nitrogen and oxygen atoms in total. The van der Waals surface area contributed by atoms with Gasteiger partial charge in [0.05, 0.1) is 23.3 Å². The van der Waals surface area contributed by atoms with E-state index in [0.29, 0.717) is 11.3 Å². The van der Waals surface area contributed by atoms with Gasteiger partial charge < -0.3 is 15.5 Å². The second kappa shape index (κ2) is 10.8. The predicted molar refractivity (Wildman–Crippen MR) is 142 cm³/mol. The van der Waals surface area contributed by atoms with Gasteiger partial charge in [-0.15, -0.1) is 10.2 Å². The summed E-state index contributed by atoms with van der Waals surface area (Å²) < 4.78 is 7.04. The molecule has 38 heavy (non-hydrogen) atoms. The molecule has 0 saturated heterocycles. The smallest absolute Gasteiger partial charge is 0.294 e. The lowest BCUT2D eigenvalue weighted by molar-refractivity contribution is -0.122. The van der Waals surface area contributed by atoms with Crippen molar-refractivity contribution in [3.63, 3.8) is 0 Å². The minimum absolute atomic E-state index is 0.196. The highest BCUT2D eigenvalue weighted by atomic mass is 16.4. The quantitative estimate of drug-likeness (QED) is 0.324. The molecule has 0 aliphatic heterocycles. The molecule has 3 N–H and O–H groups in total. The molecule has 4 aromatic rings. The molecule has 0 spiro atoms. The van der Waals surface area contributed by atoms with Crippen molar-refractivity contribution in [1.82, 2.24) is 25.1 Å². The Morgan fingerprint density at radius 1 is 1.03 bits per heavy atom. The van der Waals surface area contributed by atoms with Crippen LogP contribution in [0.25, 0.3) is 11.3 Å². The summed E-state index contributed by atoms with van der Waals surface area (Å²) in [5.74, 6) is -1.50. The standard InChI is InChI=1S/C28H30N6O4/c1-17(2)22(23(36)25-32-33-27(38-25)28(3,4)19-13-9-6-10-14-19)31-21(35)16-34-20(15-30-24(29)26(34)37)18-11-7-5-8-12-18/h5-15,17,22H,16H2,1-4H3,(H2,29,30)(H,31,35). The van der Waals surface area contributed by atoms with E-state index in [9.17, 15) is 14.4 Å². The molecular weight excluding hydrogens is 484 g/mol. The number of hydrogen-bond donors (Lipinski definition) is 2. The average Bonchev–Trinajstić information content (AvgIpc) is 3.42. The normalized spacial score (nSPS) is 12.3. The van der Waals surface area contributed by atoms with Gasteiger partial charge >= 0.3 is 0 Å². The van der Waals surface area contributed by atoms with Crippen LogP contribution < -0.4 is 16.6 Å². The fourth-order valence-corrected chi connectivity index (χ4v) is 4.08. The van der Waals surface area contributed by atoms with E-state index in [1.54, 1.807) is 26.0 Å². The van der Waals surface area contributed by atoms with Crippen molar-refractivity contribution in [3.8, 4) is 11.3 Å². The van der Waals surface area contributed by atoms with E-state index >= 15 is 0 Å². The van der Waals surface area contributed by atoms with E-state index in [1.165, 1.54) is 10.8 Å². The van der Waals surface area contributed by atoms with Gasteiger partial charge in [-0.05, 0) is 30.9 Å². The van der Waals surface area contributed by atoms with Crippen LogP contribution in [0.2, 0.25) is 0 Å². The van der Waals surface area contributed by atoms with Crippen LogP contribution >= 0.6 is 0 Å². The van der Waals surface area contributed by atoms with E-state index < -0.39 is 28.7 Å². The van der Waals surface area contributed by atoms with Gasteiger partial charge in [-0.25, -0.2) is 4.98 Å². The third-order valence-corrected chi connectivity index (χ3v) is 6.38. The summed E-state index contributed by atoms with van der Waals surface area (Å²) in [5, 5.41) is 10.8. The van der Waals surface area contributed by atoms with Gasteiger partial charge in [0.25, 0.3) is 11.4 Å². The highest BCUT2D eigenvalue weighted by Gasteiger charge is 2.34. The number of amides is 1. The van der Waals surface area contributed by atoms with Gasteiger partial charge in [0, 0.05) is 0 Å². The minimum atomic E-state index is -0.953. The number of nitrogens with zero attached hydrogens (tertiary/aromatic N) is 4. The second-order valence-electron chi connectivity index (χ2n) is 9.84. The van der Waals surface area contributed by atoms with E-state index in [4.69, 9.17) is 10.2 Å². The monoisotopic (exact) mass is 514 g/mol. The maximum Gasteiger partial charge on any atom is 0.294 e. The highest BCUT2D eigenvalue weighted by Crippen LogP contribution is 2.30. The molecule has 1 atom stereocenters. The number of aromatic nitrogens is 4. The van der Waals surface area contributed by atoms with Crippen molar-refractivity contribution in [1.29, 1.82) is 0 Å². The van der Waals surface area contributed by atoms with Crippen molar-refractivity contribution in [3.05, 3.63) is 94.6 Å². The molecule has 1 unspecified atom stereocenters. The molecule has 0 saturated carbocycles. The van der Waals surface area contributed by atoms with Crippen LogP contribution in [0.3, 0.4) is 0 Å². The van der Waals surface area contributed by atoms with E-state index in [1.807, 2.05) is 62.4 Å². The Hall–Kier alpha value is -4.60. The Kier molecular flexibility index (Phi) is 7.52. The molecule has 196 valence electrons. The number of anilines is 1. The molecule has 4 rings (SSSR count). The van der Waals surface area contributed by atoms with Crippen molar-refractivity contribution in [2.75, 3.05) is 5.73 Å². The number of carbonyl (C=O) groups excluding carboxylic acids is 2. The fourth-order valence-electron chi connectivity index (χ4n) is 4.08. The number of hydrogen-bond acceptors (Lipinski definition) is 8. The van der Waals surface area contributed by atoms with Gasteiger partial charge in [-0.3, -0.25) is 19.0 Å². The maximum absolute atomic E-state index is 13.4. The van der Waals surface area contributed by atoms with Crippen LogP contribution in [0.15, 0.2) is 76.1 Å². The summed E-state index contributed by atoms with van der Waals surface area (Å²) in [6.45, 7) is 7.07. The molecule has 10 heteroatoms. The number of rotatable bonds is 9. The number of benzene rings is 2. The number of Topliss-reactive ketones (excluding diaryl/α,β-unsaturated/α-hetero) is 1. The second-order valence-corrected chi connectivity index (χ2v) is 9.84. The highest BCUT2D eigenvalue weighted by molar-refractivity contribution is 5.98. The Balaban J connectivity index is 1.56. The third kappa shape index (κ3) is 5.39. The summed E-state index contributed by atoms with van der Waals surface area (Å²) in [6.07, 6.45) is 1.44. The zero-order valence-corrected chi connectivity index (χ0v) is 21.7. The lowest BCUT2D eigenvalue weighted by atomic mass is 9.85. The molecule has 2 aromatic carbocycles. The maximum atomic E-state index is 13.4. The molecular formula is C28H30N6O4. The zero-order valence-electron chi connectivity index (χ0n) is 21.7. The van der Waals surface area contributed by atoms with Gasteiger partial charge in [0.2, 0.25) is 17.6 Å². The van der Waals surface area contributed by atoms with Gasteiger partial charge in [0.1, 0.15) is 6.54 Å². The van der Waals surface area contributed by atoms with Crippen molar-refractivity contribution < 1.29 is 14.0 Å². The van der Waals surface area contributed by atoms with Crippen LogP contribution in [0.4, 0.5) is 5.82 Å². The molecule has 2 heterocycles.